The molecule has 2 aromatic heterocycles. The lowest BCUT2D eigenvalue weighted by Gasteiger charge is -2.28. The number of aliphatic carboxylic acids is 1. The molecule has 7 heteroatoms. The third-order valence-electron chi connectivity index (χ3n) is 8.63. The number of rotatable bonds is 6. The summed E-state index contributed by atoms with van der Waals surface area (Å²) in [6, 6.07) is 24.9. The van der Waals surface area contributed by atoms with Crippen molar-refractivity contribution < 1.29 is 14.7 Å². The molecule has 0 unspecified atom stereocenters. The van der Waals surface area contributed by atoms with Crippen molar-refractivity contribution in [2.75, 3.05) is 0 Å². The molecule has 7 nitrogen and oxygen atoms in total. The summed E-state index contributed by atoms with van der Waals surface area (Å²) in [6.07, 6.45) is 6.22. The third-order valence-corrected chi connectivity index (χ3v) is 8.63. The number of carboxylic acid groups (broad SMARTS) is 1. The Hall–Kier alpha value is -4.78. The number of aromatic amines is 1. The number of carbonyl (C=O) groups excluding carboxylic acids is 1. The van der Waals surface area contributed by atoms with Crippen molar-refractivity contribution >= 4 is 22.9 Å². The van der Waals surface area contributed by atoms with Gasteiger partial charge >= 0.3 is 5.97 Å². The number of hydrogen-bond donors (Lipinski definition) is 3. The van der Waals surface area contributed by atoms with Gasteiger partial charge in [-0.05, 0) is 96.2 Å². The molecule has 1 saturated carbocycles. The summed E-state index contributed by atoms with van der Waals surface area (Å²) in [7, 11) is 0. The number of pyridine rings is 1. The number of aromatic nitrogens is 3. The van der Waals surface area contributed by atoms with Gasteiger partial charge in [-0.25, -0.2) is 4.98 Å². The number of H-pyrrole nitrogens is 1. The van der Waals surface area contributed by atoms with Crippen LogP contribution in [-0.4, -0.2) is 31.9 Å². The highest BCUT2D eigenvalue weighted by Crippen LogP contribution is 2.37. The van der Waals surface area contributed by atoms with E-state index in [0.29, 0.717) is 24.8 Å². The predicted molar refractivity (Wildman–Crippen MR) is 158 cm³/mol. The second-order valence-electron chi connectivity index (χ2n) is 11.2. The van der Waals surface area contributed by atoms with E-state index in [0.717, 1.165) is 81.6 Å². The lowest BCUT2D eigenvalue weighted by Crippen LogP contribution is -2.16. The highest BCUT2D eigenvalue weighted by Gasteiger charge is 2.24. The maximum Gasteiger partial charge on any atom is 0.303 e. The minimum Gasteiger partial charge on any atom is -0.481 e. The van der Waals surface area contributed by atoms with Crippen LogP contribution in [-0.2, 0) is 11.3 Å². The molecule has 1 fully saturated rings. The number of carboxylic acids is 1. The van der Waals surface area contributed by atoms with Gasteiger partial charge in [-0.1, -0.05) is 36.4 Å². The van der Waals surface area contributed by atoms with Gasteiger partial charge in [0.05, 0.1) is 16.7 Å². The van der Waals surface area contributed by atoms with Crippen LogP contribution in [0, 0.1) is 5.92 Å². The minimum atomic E-state index is -0.685. The molecule has 0 saturated heterocycles. The van der Waals surface area contributed by atoms with Gasteiger partial charge in [-0.15, -0.1) is 0 Å². The average molecular weight is 543 g/mol. The van der Waals surface area contributed by atoms with Crippen LogP contribution < -0.4 is 5.32 Å². The first kappa shape index (κ1) is 25.2. The molecule has 1 amide bonds. The Morgan fingerprint density at radius 1 is 0.854 bits per heavy atom. The van der Waals surface area contributed by atoms with Gasteiger partial charge in [-0.3, -0.25) is 14.6 Å². The Morgan fingerprint density at radius 3 is 2.34 bits per heavy atom. The molecule has 1 aliphatic heterocycles. The summed E-state index contributed by atoms with van der Waals surface area (Å²) in [5.41, 5.74) is 9.98. The number of fused-ring (bicyclic) bond motifs is 2. The van der Waals surface area contributed by atoms with Crippen LogP contribution in [0.4, 0.5) is 0 Å². The predicted octanol–water partition coefficient (Wildman–Crippen LogP) is 6.95. The quantitative estimate of drug-likeness (QED) is 0.215. The number of amides is 1. The fraction of sp³-hybridized carbons (Fsp3) is 0.235. The van der Waals surface area contributed by atoms with Crippen LogP contribution in [0.1, 0.15) is 59.5 Å². The summed E-state index contributed by atoms with van der Waals surface area (Å²) in [5, 5.41) is 11.9. The zero-order valence-corrected chi connectivity index (χ0v) is 22.6. The number of nitrogens with zero attached hydrogens (tertiary/aromatic N) is 2. The van der Waals surface area contributed by atoms with E-state index in [4.69, 9.17) is 15.1 Å². The lowest BCUT2D eigenvalue weighted by molar-refractivity contribution is -0.138. The molecule has 1 aliphatic carbocycles. The van der Waals surface area contributed by atoms with Gasteiger partial charge in [0, 0.05) is 35.9 Å². The van der Waals surface area contributed by atoms with E-state index in [-0.39, 0.29) is 5.91 Å². The van der Waals surface area contributed by atoms with Gasteiger partial charge in [0.2, 0.25) is 0 Å². The van der Waals surface area contributed by atoms with Crippen LogP contribution in [0.3, 0.4) is 0 Å². The van der Waals surface area contributed by atoms with Gasteiger partial charge in [0.1, 0.15) is 5.82 Å². The van der Waals surface area contributed by atoms with Crippen LogP contribution >= 0.6 is 0 Å². The maximum absolute atomic E-state index is 11.9. The summed E-state index contributed by atoms with van der Waals surface area (Å²) < 4.78 is 0. The fourth-order valence-corrected chi connectivity index (χ4v) is 6.32. The number of carbonyl (C=O) groups is 2. The third kappa shape index (κ3) is 4.99. The van der Waals surface area contributed by atoms with Crippen LogP contribution in [0.2, 0.25) is 0 Å². The summed E-state index contributed by atoms with van der Waals surface area (Å²) in [4.78, 5) is 35.9. The molecule has 2 aliphatic rings. The van der Waals surface area contributed by atoms with E-state index in [1.54, 1.807) is 0 Å². The number of hydrogen-bond acceptors (Lipinski definition) is 4. The van der Waals surface area contributed by atoms with Gasteiger partial charge in [0.25, 0.3) is 5.91 Å². The molecule has 0 radical (unpaired) electrons. The smallest absolute Gasteiger partial charge is 0.303 e. The monoisotopic (exact) mass is 542 g/mol. The molecule has 5 aromatic rings. The molecule has 3 heterocycles. The second kappa shape index (κ2) is 10.3. The molecule has 0 atom stereocenters. The largest absolute Gasteiger partial charge is 0.481 e. The Morgan fingerprint density at radius 2 is 1.59 bits per heavy atom. The SMILES string of the molecule is O=C(O)CC1CCC(c2ccc(-c3ccc(-c4nc5ccc(-c6ccc7c(c6)CNC7=O)cc5[nH]4)cn3)cc2)CC1. The molecular formula is C34H30N4O3. The standard InChI is InChI=1S/C34H30N4O3/c39-32(40)15-20-1-3-21(4-2-20)22-5-7-23(8-6-22)29-13-11-26(18-35-29)33-37-30-14-10-25(17-31(30)38-33)24-9-12-28-27(16-24)19-36-34(28)41/h5-14,16-18,20-21H,1-4,15,19H2,(H,36,41)(H,37,38)(H,39,40). The van der Waals surface area contributed by atoms with Crippen LogP contribution in [0.5, 0.6) is 0 Å². The zero-order valence-electron chi connectivity index (χ0n) is 22.6. The molecule has 3 N–H and O–H groups in total. The van der Waals surface area contributed by atoms with Crippen molar-refractivity contribution in [2.45, 2.75) is 44.6 Å². The highest BCUT2D eigenvalue weighted by atomic mass is 16.4. The van der Waals surface area contributed by atoms with E-state index in [9.17, 15) is 9.59 Å². The van der Waals surface area contributed by atoms with E-state index >= 15 is 0 Å². The van der Waals surface area contributed by atoms with Crippen molar-refractivity contribution in [1.82, 2.24) is 20.3 Å². The molecule has 3 aromatic carbocycles. The highest BCUT2D eigenvalue weighted by molar-refractivity contribution is 5.99. The minimum absolute atomic E-state index is 0.00897. The molecule has 41 heavy (non-hydrogen) atoms. The van der Waals surface area contributed by atoms with Crippen molar-refractivity contribution in [1.29, 1.82) is 0 Å². The Bertz CT molecular complexity index is 1760. The lowest BCUT2D eigenvalue weighted by atomic mass is 9.77. The number of nitrogens with one attached hydrogen (secondary N) is 2. The van der Waals surface area contributed by atoms with Crippen LogP contribution in [0.25, 0.3) is 44.8 Å². The van der Waals surface area contributed by atoms with E-state index in [1.807, 2.05) is 36.5 Å². The van der Waals surface area contributed by atoms with Crippen molar-refractivity contribution in [3.05, 3.63) is 95.7 Å². The van der Waals surface area contributed by atoms with Crippen molar-refractivity contribution in [2.24, 2.45) is 5.92 Å². The second-order valence-corrected chi connectivity index (χ2v) is 11.2. The number of imidazole rings is 1. The van der Waals surface area contributed by atoms with Crippen LogP contribution in [0.15, 0.2) is 79.0 Å². The molecule has 0 bridgehead atoms. The Balaban J connectivity index is 1.05. The molecular weight excluding hydrogens is 512 g/mol. The summed E-state index contributed by atoms with van der Waals surface area (Å²) >= 11 is 0. The zero-order chi connectivity index (χ0) is 27.9. The van der Waals surface area contributed by atoms with Crippen molar-refractivity contribution in [3.63, 3.8) is 0 Å². The summed E-state index contributed by atoms with van der Waals surface area (Å²) in [5.74, 6) is 0.894. The fourth-order valence-electron chi connectivity index (χ4n) is 6.32. The maximum atomic E-state index is 11.9. The molecule has 204 valence electrons. The van der Waals surface area contributed by atoms with Crippen molar-refractivity contribution in [3.8, 4) is 33.8 Å². The van der Waals surface area contributed by atoms with Gasteiger partial charge < -0.3 is 15.4 Å². The van der Waals surface area contributed by atoms with E-state index in [1.165, 1.54) is 5.56 Å². The molecule has 7 rings (SSSR count). The first-order valence-corrected chi connectivity index (χ1v) is 14.2. The summed E-state index contributed by atoms with van der Waals surface area (Å²) in [6.45, 7) is 0.572. The first-order valence-electron chi connectivity index (χ1n) is 14.2. The average Bonchev–Trinajstić information content (AvgIpc) is 3.60. The van der Waals surface area contributed by atoms with E-state index in [2.05, 4.69) is 52.8 Å². The topological polar surface area (TPSA) is 108 Å². The Kier molecular flexibility index (Phi) is 6.34. The van der Waals surface area contributed by atoms with E-state index < -0.39 is 5.97 Å². The van der Waals surface area contributed by atoms with Gasteiger partial charge in [-0.2, -0.15) is 0 Å². The van der Waals surface area contributed by atoms with Gasteiger partial charge in [0.15, 0.2) is 0 Å². The Labute approximate surface area is 237 Å². The first-order chi connectivity index (χ1) is 20.0. The normalized spacial score (nSPS) is 18.3. The number of benzene rings is 3. The molecule has 0 spiro atoms.